The molecule has 0 aliphatic heterocycles. The number of carboxylic acids is 1. The van der Waals surface area contributed by atoms with Crippen molar-refractivity contribution in [3.8, 4) is 11.1 Å². The van der Waals surface area contributed by atoms with Gasteiger partial charge in [0.15, 0.2) is 0 Å². The van der Waals surface area contributed by atoms with E-state index in [9.17, 15) is 14.4 Å². The number of nitrogens with one attached hydrogen (secondary N) is 1. The molecule has 1 aliphatic carbocycles. The van der Waals surface area contributed by atoms with Crippen LogP contribution in [0.4, 0.5) is 10.5 Å². The van der Waals surface area contributed by atoms with Gasteiger partial charge >= 0.3 is 12.1 Å². The number of halogens is 2. The minimum atomic E-state index is -1.15. The fourth-order valence-electron chi connectivity index (χ4n) is 4.10. The molecule has 0 aromatic heterocycles. The molecule has 0 heterocycles. The smallest absolute Gasteiger partial charge is 0.411 e. The molecule has 0 bridgehead atoms. The molecule has 0 saturated heterocycles. The van der Waals surface area contributed by atoms with Gasteiger partial charge in [0.2, 0.25) is 0 Å². The molecule has 0 unspecified atom stereocenters. The average molecular weight is 513 g/mol. The zero-order valence-electron chi connectivity index (χ0n) is 18.9. The number of carboxylic acid groups (broad SMARTS) is 1. The lowest BCUT2D eigenvalue weighted by molar-refractivity contribution is -0.141. The molecule has 4 rings (SSSR count). The zero-order valence-corrected chi connectivity index (χ0v) is 20.4. The molecule has 180 valence electrons. The van der Waals surface area contributed by atoms with E-state index in [-0.39, 0.29) is 33.8 Å². The molecule has 2 amide bonds. The highest BCUT2D eigenvalue weighted by atomic mass is 35.5. The highest BCUT2D eigenvalue weighted by Gasteiger charge is 2.29. The number of nitrogens with zero attached hydrogens (tertiary/aromatic N) is 1. The first-order valence-corrected chi connectivity index (χ1v) is 11.6. The lowest BCUT2D eigenvalue weighted by atomic mass is 9.98. The summed E-state index contributed by atoms with van der Waals surface area (Å²) in [5.41, 5.74) is 4.58. The number of ether oxygens (including phenoxy) is 1. The Morgan fingerprint density at radius 2 is 1.51 bits per heavy atom. The number of anilines is 1. The van der Waals surface area contributed by atoms with Crippen LogP contribution in [0.15, 0.2) is 60.7 Å². The number of likely N-dealkylation sites (N-methyl/N-ethyl adjacent to an activating group) is 1. The summed E-state index contributed by atoms with van der Waals surface area (Å²) in [4.78, 5) is 37.4. The maximum absolute atomic E-state index is 12.6. The summed E-state index contributed by atoms with van der Waals surface area (Å²) in [6, 6.07) is 17.6. The van der Waals surface area contributed by atoms with Gasteiger partial charge in [-0.25, -0.2) is 9.59 Å². The number of fused-ring (bicyclic) bond motifs is 3. The topological polar surface area (TPSA) is 95.9 Å². The first-order chi connectivity index (χ1) is 16.7. The minimum absolute atomic E-state index is 0.0192. The molecule has 0 fully saturated rings. The summed E-state index contributed by atoms with van der Waals surface area (Å²) in [6.45, 7) is 1.50. The summed E-state index contributed by atoms with van der Waals surface area (Å²) in [6.07, 6.45) is -0.744. The number of amides is 2. The van der Waals surface area contributed by atoms with E-state index in [1.807, 2.05) is 48.5 Å². The van der Waals surface area contributed by atoms with Gasteiger partial charge in [-0.15, -0.1) is 0 Å². The van der Waals surface area contributed by atoms with Crippen LogP contribution in [-0.2, 0) is 9.53 Å². The van der Waals surface area contributed by atoms with Crippen LogP contribution in [0.25, 0.3) is 11.1 Å². The molecule has 3 aromatic rings. The Morgan fingerprint density at radius 3 is 2.03 bits per heavy atom. The van der Waals surface area contributed by atoms with Crippen LogP contribution in [-0.4, -0.2) is 47.7 Å². The highest BCUT2D eigenvalue weighted by Crippen LogP contribution is 2.44. The number of carbonyl (C=O) groups excluding carboxylic acids is 2. The van der Waals surface area contributed by atoms with Crippen molar-refractivity contribution in [1.29, 1.82) is 0 Å². The number of hydrogen-bond donors (Lipinski definition) is 2. The molecule has 2 N–H and O–H groups in total. The highest BCUT2D eigenvalue weighted by molar-refractivity contribution is 6.40. The van der Waals surface area contributed by atoms with Crippen LogP contribution in [0.2, 0.25) is 10.0 Å². The first-order valence-electron chi connectivity index (χ1n) is 10.8. The molecular weight excluding hydrogens is 491 g/mol. The third-order valence-electron chi connectivity index (χ3n) is 6.12. The molecule has 35 heavy (non-hydrogen) atoms. The van der Waals surface area contributed by atoms with Crippen molar-refractivity contribution in [2.24, 2.45) is 0 Å². The summed E-state index contributed by atoms with van der Waals surface area (Å²) in [5, 5.41) is 11.7. The average Bonchev–Trinajstić information content (AvgIpc) is 3.17. The van der Waals surface area contributed by atoms with Crippen molar-refractivity contribution in [2.45, 2.75) is 18.9 Å². The third-order valence-corrected chi connectivity index (χ3v) is 6.71. The molecule has 0 saturated carbocycles. The maximum atomic E-state index is 12.6. The van der Waals surface area contributed by atoms with Crippen LogP contribution in [0.3, 0.4) is 0 Å². The van der Waals surface area contributed by atoms with Gasteiger partial charge in [-0.05, 0) is 41.3 Å². The fraction of sp³-hybridized carbons (Fsp3) is 0.192. The Kier molecular flexibility index (Phi) is 7.00. The van der Waals surface area contributed by atoms with E-state index in [2.05, 4.69) is 5.32 Å². The van der Waals surface area contributed by atoms with Gasteiger partial charge in [0.1, 0.15) is 12.6 Å². The Balaban J connectivity index is 1.46. The van der Waals surface area contributed by atoms with Crippen molar-refractivity contribution < 1.29 is 24.2 Å². The standard InChI is InChI=1S/C26H22Cl2N2O5/c1-14(25(32)33)30(2)24(31)15-11-21(27)23(22(28)12-15)29-26(34)35-13-20-18-9-5-3-7-16(18)17-8-4-6-10-19(17)20/h3-12,14,20H,13H2,1-2H3,(H,29,34)(H,32,33)/t14-/m0/s1. The van der Waals surface area contributed by atoms with E-state index in [0.29, 0.717) is 0 Å². The van der Waals surface area contributed by atoms with Crippen molar-refractivity contribution in [3.05, 3.63) is 87.4 Å². The summed E-state index contributed by atoms with van der Waals surface area (Å²) in [5.74, 6) is -1.83. The SMILES string of the molecule is C[C@@H](C(=O)O)N(C)C(=O)c1cc(Cl)c(NC(=O)OCC2c3ccccc3-c3ccccc32)c(Cl)c1. The van der Waals surface area contributed by atoms with Gasteiger partial charge in [0.05, 0.1) is 15.7 Å². The second-order valence-corrected chi connectivity index (χ2v) is 9.01. The maximum Gasteiger partial charge on any atom is 0.411 e. The second-order valence-electron chi connectivity index (χ2n) is 8.20. The Labute approximate surface area is 212 Å². The van der Waals surface area contributed by atoms with Gasteiger partial charge in [0, 0.05) is 18.5 Å². The van der Waals surface area contributed by atoms with E-state index in [4.69, 9.17) is 33.0 Å². The predicted molar refractivity (Wildman–Crippen MR) is 134 cm³/mol. The molecule has 7 nitrogen and oxygen atoms in total. The van der Waals surface area contributed by atoms with E-state index < -0.39 is 24.0 Å². The lowest BCUT2D eigenvalue weighted by Crippen LogP contribution is -2.40. The van der Waals surface area contributed by atoms with Gasteiger partial charge in [-0.3, -0.25) is 10.1 Å². The summed E-state index contributed by atoms with van der Waals surface area (Å²) in [7, 11) is 1.37. The number of rotatable bonds is 6. The monoisotopic (exact) mass is 512 g/mol. The molecule has 9 heteroatoms. The zero-order chi connectivity index (χ0) is 25.3. The molecule has 0 spiro atoms. The molecule has 1 atom stereocenters. The first kappa shape index (κ1) is 24.6. The quantitative estimate of drug-likeness (QED) is 0.428. The third kappa shape index (κ3) is 4.83. The van der Waals surface area contributed by atoms with Crippen LogP contribution < -0.4 is 5.32 Å². The predicted octanol–water partition coefficient (Wildman–Crippen LogP) is 5.90. The van der Waals surface area contributed by atoms with E-state index in [1.165, 1.54) is 26.1 Å². The van der Waals surface area contributed by atoms with Crippen LogP contribution >= 0.6 is 23.2 Å². The van der Waals surface area contributed by atoms with Gasteiger partial charge in [0.25, 0.3) is 5.91 Å². The second kappa shape index (κ2) is 9.98. The minimum Gasteiger partial charge on any atom is -0.480 e. The summed E-state index contributed by atoms with van der Waals surface area (Å²) >= 11 is 12.6. The summed E-state index contributed by atoms with van der Waals surface area (Å²) < 4.78 is 5.52. The van der Waals surface area contributed by atoms with Crippen LogP contribution in [0.1, 0.15) is 34.3 Å². The van der Waals surface area contributed by atoms with Crippen molar-refractivity contribution in [3.63, 3.8) is 0 Å². The fourth-order valence-corrected chi connectivity index (χ4v) is 4.68. The largest absolute Gasteiger partial charge is 0.480 e. The van der Waals surface area contributed by atoms with Crippen molar-refractivity contribution >= 4 is 46.9 Å². The molecule has 0 radical (unpaired) electrons. The van der Waals surface area contributed by atoms with E-state index in [0.717, 1.165) is 27.2 Å². The molecule has 3 aromatic carbocycles. The number of aliphatic carboxylic acids is 1. The lowest BCUT2D eigenvalue weighted by Gasteiger charge is -2.22. The normalized spacial score (nSPS) is 12.9. The number of hydrogen-bond acceptors (Lipinski definition) is 4. The number of carbonyl (C=O) groups is 3. The van der Waals surface area contributed by atoms with Gasteiger partial charge in [-0.2, -0.15) is 0 Å². The molecule has 1 aliphatic rings. The van der Waals surface area contributed by atoms with E-state index in [1.54, 1.807) is 0 Å². The van der Waals surface area contributed by atoms with Crippen LogP contribution in [0, 0.1) is 0 Å². The van der Waals surface area contributed by atoms with Gasteiger partial charge in [-0.1, -0.05) is 71.7 Å². The van der Waals surface area contributed by atoms with Crippen molar-refractivity contribution in [2.75, 3.05) is 19.0 Å². The Bertz CT molecular complexity index is 1260. The number of benzene rings is 3. The van der Waals surface area contributed by atoms with Gasteiger partial charge < -0.3 is 14.7 Å². The van der Waals surface area contributed by atoms with Crippen molar-refractivity contribution in [1.82, 2.24) is 4.90 Å². The Morgan fingerprint density at radius 1 is 1.00 bits per heavy atom. The molecular formula is C26H22Cl2N2O5. The van der Waals surface area contributed by atoms with Crippen LogP contribution in [0.5, 0.6) is 0 Å². The Hall–Kier alpha value is -3.55. The van der Waals surface area contributed by atoms with E-state index >= 15 is 0 Å².